The molecule has 0 saturated carbocycles. The predicted molar refractivity (Wildman–Crippen MR) is 54.8 cm³/mol. The van der Waals surface area contributed by atoms with Gasteiger partial charge in [0.1, 0.15) is 12.4 Å². The maximum atomic E-state index is 8.29. The third-order valence-corrected chi connectivity index (χ3v) is 2.21. The summed E-state index contributed by atoms with van der Waals surface area (Å²) in [5, 5.41) is 9.14. The topological polar surface area (TPSA) is 33.0 Å². The first-order chi connectivity index (χ1) is 6.36. The molecule has 2 nitrogen and oxygen atoms in total. The van der Waals surface area contributed by atoms with E-state index < -0.39 is 0 Å². The van der Waals surface area contributed by atoms with Crippen LogP contribution in [0.15, 0.2) is 24.3 Å². The van der Waals surface area contributed by atoms with E-state index in [-0.39, 0.29) is 0 Å². The number of ether oxygens (including phenoxy) is 1. The largest absolute Gasteiger partial charge is 0.493 e. The van der Waals surface area contributed by atoms with Crippen molar-refractivity contribution < 1.29 is 4.74 Å². The minimum atomic E-state index is 0.431. The van der Waals surface area contributed by atoms with Crippen LogP contribution in [0.5, 0.6) is 5.75 Å². The molecule has 0 amide bonds. The van der Waals surface area contributed by atoms with Gasteiger partial charge in [-0.15, -0.1) is 0 Å². The van der Waals surface area contributed by atoms with Gasteiger partial charge in [-0.05, 0) is 17.7 Å². The van der Waals surface area contributed by atoms with Gasteiger partial charge in [0.05, 0.1) is 12.5 Å². The van der Waals surface area contributed by atoms with E-state index in [1.165, 1.54) is 5.56 Å². The Morgan fingerprint density at radius 2 is 2.00 bits per heavy atom. The lowest BCUT2D eigenvalue weighted by Gasteiger charge is -2.03. The number of nitrogens with zero attached hydrogens (tertiary/aromatic N) is 1. The van der Waals surface area contributed by atoms with Crippen molar-refractivity contribution in [1.82, 2.24) is 0 Å². The summed E-state index contributed by atoms with van der Waals surface area (Å²) >= 11 is 3.36. The first-order valence-electron chi connectivity index (χ1n) is 4.01. The summed E-state index contributed by atoms with van der Waals surface area (Å²) in [6.07, 6.45) is 0.431. The molecule has 0 N–H and O–H groups in total. The zero-order chi connectivity index (χ0) is 9.52. The molecule has 0 aliphatic rings. The van der Waals surface area contributed by atoms with E-state index in [0.29, 0.717) is 13.0 Å². The Morgan fingerprint density at radius 3 is 2.54 bits per heavy atom. The average molecular weight is 240 g/mol. The standard InChI is InChI=1S/C10H10BrNO/c11-8-9-2-4-10(5-3-9)13-7-1-6-12/h2-5H,1,7-8H2. The van der Waals surface area contributed by atoms with Crippen LogP contribution in [0.4, 0.5) is 0 Å². The molecule has 68 valence electrons. The predicted octanol–water partition coefficient (Wildman–Crippen LogP) is 2.87. The Hall–Kier alpha value is -1.01. The maximum Gasteiger partial charge on any atom is 0.119 e. The summed E-state index contributed by atoms with van der Waals surface area (Å²) in [6, 6.07) is 9.84. The van der Waals surface area contributed by atoms with E-state index in [9.17, 15) is 0 Å². The molecule has 3 heteroatoms. The van der Waals surface area contributed by atoms with Crippen molar-refractivity contribution in [3.8, 4) is 11.8 Å². The van der Waals surface area contributed by atoms with Gasteiger partial charge in [-0.2, -0.15) is 5.26 Å². The molecule has 1 rings (SSSR count). The molecular weight excluding hydrogens is 230 g/mol. The molecule has 0 heterocycles. The maximum absolute atomic E-state index is 8.29. The number of hydrogen-bond acceptors (Lipinski definition) is 2. The van der Waals surface area contributed by atoms with Crippen molar-refractivity contribution in [2.45, 2.75) is 11.8 Å². The molecule has 0 fully saturated rings. The Kier molecular flexibility index (Phi) is 4.34. The van der Waals surface area contributed by atoms with Gasteiger partial charge >= 0.3 is 0 Å². The SMILES string of the molecule is N#CCCOc1ccc(CBr)cc1. The molecule has 0 aromatic heterocycles. The molecule has 0 bridgehead atoms. The van der Waals surface area contributed by atoms with Gasteiger partial charge in [-0.3, -0.25) is 0 Å². The second kappa shape index (κ2) is 5.60. The number of nitriles is 1. The molecule has 13 heavy (non-hydrogen) atoms. The Bertz CT molecular complexity index is 289. The van der Waals surface area contributed by atoms with Crippen LogP contribution in [-0.4, -0.2) is 6.61 Å². The lowest BCUT2D eigenvalue weighted by Crippen LogP contribution is -1.95. The van der Waals surface area contributed by atoms with Crippen LogP contribution >= 0.6 is 15.9 Å². The summed E-state index contributed by atoms with van der Waals surface area (Å²) in [7, 11) is 0. The molecule has 0 atom stereocenters. The fraction of sp³-hybridized carbons (Fsp3) is 0.300. The van der Waals surface area contributed by atoms with Crippen LogP contribution in [0.2, 0.25) is 0 Å². The lowest BCUT2D eigenvalue weighted by molar-refractivity contribution is 0.326. The van der Waals surface area contributed by atoms with Crippen molar-refractivity contribution in [1.29, 1.82) is 5.26 Å². The molecule has 0 saturated heterocycles. The first-order valence-corrected chi connectivity index (χ1v) is 5.13. The van der Waals surface area contributed by atoms with E-state index >= 15 is 0 Å². The molecule has 0 radical (unpaired) electrons. The van der Waals surface area contributed by atoms with Crippen molar-refractivity contribution in [3.05, 3.63) is 29.8 Å². The monoisotopic (exact) mass is 239 g/mol. The van der Waals surface area contributed by atoms with Gasteiger partial charge in [0.25, 0.3) is 0 Å². The van der Waals surface area contributed by atoms with Gasteiger partial charge in [-0.1, -0.05) is 28.1 Å². The van der Waals surface area contributed by atoms with Gasteiger partial charge < -0.3 is 4.74 Å². The number of benzene rings is 1. The Morgan fingerprint density at radius 1 is 1.31 bits per heavy atom. The fourth-order valence-electron chi connectivity index (χ4n) is 0.889. The van der Waals surface area contributed by atoms with E-state index in [1.807, 2.05) is 30.3 Å². The third kappa shape index (κ3) is 3.47. The van der Waals surface area contributed by atoms with Gasteiger partial charge in [0.15, 0.2) is 0 Å². The van der Waals surface area contributed by atoms with E-state index in [4.69, 9.17) is 10.00 Å². The van der Waals surface area contributed by atoms with Crippen molar-refractivity contribution in [2.75, 3.05) is 6.61 Å². The zero-order valence-corrected chi connectivity index (χ0v) is 8.75. The third-order valence-electron chi connectivity index (χ3n) is 1.56. The second-order valence-corrected chi connectivity index (χ2v) is 3.09. The highest BCUT2D eigenvalue weighted by atomic mass is 79.9. The fourth-order valence-corrected chi connectivity index (χ4v) is 1.26. The van der Waals surface area contributed by atoms with Crippen LogP contribution < -0.4 is 4.74 Å². The van der Waals surface area contributed by atoms with Crippen LogP contribution in [0.3, 0.4) is 0 Å². The van der Waals surface area contributed by atoms with Crippen molar-refractivity contribution in [3.63, 3.8) is 0 Å². The van der Waals surface area contributed by atoms with Crippen molar-refractivity contribution >= 4 is 15.9 Å². The summed E-state index contributed by atoms with van der Waals surface area (Å²) in [6.45, 7) is 0.462. The van der Waals surface area contributed by atoms with Gasteiger partial charge in [0, 0.05) is 5.33 Å². The van der Waals surface area contributed by atoms with Crippen LogP contribution in [0.25, 0.3) is 0 Å². The van der Waals surface area contributed by atoms with E-state index in [0.717, 1.165) is 11.1 Å². The van der Waals surface area contributed by atoms with Crippen LogP contribution in [0, 0.1) is 11.3 Å². The first kappa shape index (κ1) is 10.1. The molecule has 0 spiro atoms. The minimum absolute atomic E-state index is 0.431. The molecule has 1 aromatic rings. The highest BCUT2D eigenvalue weighted by molar-refractivity contribution is 9.08. The number of halogens is 1. The lowest BCUT2D eigenvalue weighted by atomic mass is 10.2. The Labute approximate surface area is 86.3 Å². The second-order valence-electron chi connectivity index (χ2n) is 2.53. The molecule has 0 unspecified atom stereocenters. The summed E-state index contributed by atoms with van der Waals surface area (Å²) in [5.41, 5.74) is 1.22. The van der Waals surface area contributed by atoms with E-state index in [2.05, 4.69) is 15.9 Å². The van der Waals surface area contributed by atoms with Gasteiger partial charge in [-0.25, -0.2) is 0 Å². The van der Waals surface area contributed by atoms with Gasteiger partial charge in [0.2, 0.25) is 0 Å². The molecule has 0 aliphatic carbocycles. The van der Waals surface area contributed by atoms with E-state index in [1.54, 1.807) is 0 Å². The molecule has 0 aliphatic heterocycles. The molecular formula is C10H10BrNO. The smallest absolute Gasteiger partial charge is 0.119 e. The zero-order valence-electron chi connectivity index (χ0n) is 7.16. The highest BCUT2D eigenvalue weighted by Crippen LogP contribution is 2.13. The van der Waals surface area contributed by atoms with Crippen molar-refractivity contribution in [2.24, 2.45) is 0 Å². The number of alkyl halides is 1. The average Bonchev–Trinajstić information content (AvgIpc) is 2.19. The normalized spacial score (nSPS) is 9.23. The minimum Gasteiger partial charge on any atom is -0.493 e. The summed E-state index contributed by atoms with van der Waals surface area (Å²) in [5.74, 6) is 0.819. The quantitative estimate of drug-likeness (QED) is 0.598. The highest BCUT2D eigenvalue weighted by Gasteiger charge is 1.93. The summed E-state index contributed by atoms with van der Waals surface area (Å²) in [4.78, 5) is 0. The molecule has 1 aromatic carbocycles. The number of hydrogen-bond donors (Lipinski definition) is 0. The summed E-state index contributed by atoms with van der Waals surface area (Å²) < 4.78 is 5.31. The Balaban J connectivity index is 2.45. The van der Waals surface area contributed by atoms with Crippen LogP contribution in [-0.2, 0) is 5.33 Å². The van der Waals surface area contributed by atoms with Crippen LogP contribution in [0.1, 0.15) is 12.0 Å². The number of rotatable bonds is 4.